The summed E-state index contributed by atoms with van der Waals surface area (Å²) < 4.78 is 28.8. The first-order valence-electron chi connectivity index (χ1n) is 6.32. The third kappa shape index (κ3) is 5.20. The number of sulfonamides is 1. The molecule has 1 amide bonds. The molecule has 0 radical (unpaired) electrons. The zero-order chi connectivity index (χ0) is 16.0. The van der Waals surface area contributed by atoms with Crippen LogP contribution in [0.2, 0.25) is 0 Å². The van der Waals surface area contributed by atoms with Crippen LogP contribution >= 0.6 is 0 Å². The molecule has 0 saturated heterocycles. The van der Waals surface area contributed by atoms with E-state index in [1.807, 2.05) is 0 Å². The molecule has 0 aromatic carbocycles. The highest BCUT2D eigenvalue weighted by Crippen LogP contribution is 2.07. The predicted octanol–water partition coefficient (Wildman–Crippen LogP) is 0.379. The fraction of sp³-hybridized carbons (Fsp3) is 0.500. The number of aromatic carboxylic acids is 1. The zero-order valence-corrected chi connectivity index (χ0v) is 12.6. The van der Waals surface area contributed by atoms with Gasteiger partial charge in [-0.2, -0.15) is 0 Å². The normalized spacial score (nSPS) is 11.6. The molecule has 0 aliphatic carbocycles. The SMILES string of the molecule is CCN(CCCNC(=O)c1ccc(C(=O)O)o1)S(C)(=O)=O. The van der Waals surface area contributed by atoms with E-state index in [0.717, 1.165) is 6.26 Å². The lowest BCUT2D eigenvalue weighted by Crippen LogP contribution is -2.33. The van der Waals surface area contributed by atoms with Crippen molar-refractivity contribution in [2.24, 2.45) is 0 Å². The number of furan rings is 1. The van der Waals surface area contributed by atoms with Crippen LogP contribution in [0.3, 0.4) is 0 Å². The van der Waals surface area contributed by atoms with E-state index in [1.165, 1.54) is 16.4 Å². The van der Waals surface area contributed by atoms with Crippen molar-refractivity contribution in [1.29, 1.82) is 0 Å². The molecule has 0 unspecified atom stereocenters. The van der Waals surface area contributed by atoms with E-state index in [1.54, 1.807) is 6.92 Å². The van der Waals surface area contributed by atoms with Gasteiger partial charge in [0, 0.05) is 19.6 Å². The van der Waals surface area contributed by atoms with Crippen molar-refractivity contribution in [2.75, 3.05) is 25.9 Å². The number of nitrogens with zero attached hydrogens (tertiary/aromatic N) is 1. The predicted molar refractivity (Wildman–Crippen MR) is 74.7 cm³/mol. The summed E-state index contributed by atoms with van der Waals surface area (Å²) in [4.78, 5) is 22.3. The van der Waals surface area contributed by atoms with Gasteiger partial charge >= 0.3 is 5.97 Å². The Hall–Kier alpha value is -1.87. The zero-order valence-electron chi connectivity index (χ0n) is 11.8. The maximum absolute atomic E-state index is 11.7. The Morgan fingerprint density at radius 2 is 1.95 bits per heavy atom. The van der Waals surface area contributed by atoms with Crippen LogP contribution in [0.1, 0.15) is 34.5 Å². The average Bonchev–Trinajstić information content (AvgIpc) is 2.86. The second-order valence-electron chi connectivity index (χ2n) is 4.33. The van der Waals surface area contributed by atoms with Crippen molar-refractivity contribution >= 4 is 21.9 Å². The number of hydrogen-bond donors (Lipinski definition) is 2. The molecule has 1 rings (SSSR count). The molecule has 8 nitrogen and oxygen atoms in total. The number of carbonyl (C=O) groups excluding carboxylic acids is 1. The second kappa shape index (κ2) is 7.23. The van der Waals surface area contributed by atoms with Gasteiger partial charge in [-0.15, -0.1) is 0 Å². The Morgan fingerprint density at radius 3 is 2.43 bits per heavy atom. The molecular weight excluding hydrogens is 300 g/mol. The molecule has 1 aromatic rings. The molecule has 118 valence electrons. The molecule has 0 aliphatic heterocycles. The van der Waals surface area contributed by atoms with Crippen molar-refractivity contribution in [3.63, 3.8) is 0 Å². The van der Waals surface area contributed by atoms with Crippen LogP contribution in [0.5, 0.6) is 0 Å². The summed E-state index contributed by atoms with van der Waals surface area (Å²) in [6.45, 7) is 2.66. The Kier molecular flexibility index (Phi) is 5.91. The number of carboxylic acid groups (broad SMARTS) is 1. The van der Waals surface area contributed by atoms with Crippen molar-refractivity contribution in [3.8, 4) is 0 Å². The van der Waals surface area contributed by atoms with Crippen LogP contribution < -0.4 is 5.32 Å². The molecule has 21 heavy (non-hydrogen) atoms. The lowest BCUT2D eigenvalue weighted by atomic mass is 10.3. The molecule has 9 heteroatoms. The summed E-state index contributed by atoms with van der Waals surface area (Å²) in [6.07, 6.45) is 1.57. The minimum absolute atomic E-state index is 0.0946. The molecule has 0 saturated carbocycles. The van der Waals surface area contributed by atoms with Gasteiger partial charge in [0.25, 0.3) is 5.91 Å². The van der Waals surface area contributed by atoms with Gasteiger partial charge in [-0.1, -0.05) is 6.92 Å². The molecule has 0 fully saturated rings. The van der Waals surface area contributed by atoms with Crippen molar-refractivity contribution in [2.45, 2.75) is 13.3 Å². The largest absolute Gasteiger partial charge is 0.475 e. The first kappa shape index (κ1) is 17.2. The van der Waals surface area contributed by atoms with Gasteiger partial charge in [0.05, 0.1) is 6.26 Å². The average molecular weight is 318 g/mol. The van der Waals surface area contributed by atoms with Crippen LogP contribution in [0, 0.1) is 0 Å². The maximum atomic E-state index is 11.7. The summed E-state index contributed by atoms with van der Waals surface area (Å²) in [5.74, 6) is -2.19. The van der Waals surface area contributed by atoms with Crippen molar-refractivity contribution < 1.29 is 27.5 Å². The van der Waals surface area contributed by atoms with E-state index in [9.17, 15) is 18.0 Å². The quantitative estimate of drug-likeness (QED) is 0.669. The van der Waals surface area contributed by atoms with E-state index < -0.39 is 21.9 Å². The first-order valence-corrected chi connectivity index (χ1v) is 8.17. The molecule has 0 atom stereocenters. The summed E-state index contributed by atoms with van der Waals surface area (Å²) in [6, 6.07) is 2.47. The molecule has 0 bridgehead atoms. The van der Waals surface area contributed by atoms with Gasteiger partial charge in [0.2, 0.25) is 15.8 Å². The third-order valence-corrected chi connectivity index (χ3v) is 4.11. The summed E-state index contributed by atoms with van der Waals surface area (Å²) >= 11 is 0. The highest BCUT2D eigenvalue weighted by atomic mass is 32.2. The van der Waals surface area contributed by atoms with E-state index in [2.05, 4.69) is 5.32 Å². The van der Waals surface area contributed by atoms with Crippen LogP contribution in [0.4, 0.5) is 0 Å². The fourth-order valence-electron chi connectivity index (χ4n) is 1.68. The van der Waals surface area contributed by atoms with Gasteiger partial charge < -0.3 is 14.8 Å². The summed E-state index contributed by atoms with van der Waals surface area (Å²) in [7, 11) is -3.24. The highest BCUT2D eigenvalue weighted by Gasteiger charge is 2.16. The summed E-state index contributed by atoms with van der Waals surface area (Å²) in [5, 5.41) is 11.2. The number of hydrogen-bond acceptors (Lipinski definition) is 5. The van der Waals surface area contributed by atoms with E-state index in [0.29, 0.717) is 19.5 Å². The number of amides is 1. The third-order valence-electron chi connectivity index (χ3n) is 2.73. The Balaban J connectivity index is 2.41. The summed E-state index contributed by atoms with van der Waals surface area (Å²) in [5.41, 5.74) is 0. The molecule has 2 N–H and O–H groups in total. The molecule has 1 heterocycles. The minimum atomic E-state index is -3.24. The smallest absolute Gasteiger partial charge is 0.371 e. The second-order valence-corrected chi connectivity index (χ2v) is 6.32. The monoisotopic (exact) mass is 318 g/mol. The van der Waals surface area contributed by atoms with E-state index in [-0.39, 0.29) is 18.1 Å². The van der Waals surface area contributed by atoms with Crippen molar-refractivity contribution in [1.82, 2.24) is 9.62 Å². The molecule has 0 aliphatic rings. The van der Waals surface area contributed by atoms with Gasteiger partial charge in [0.1, 0.15) is 0 Å². The number of nitrogens with one attached hydrogen (secondary N) is 1. The van der Waals surface area contributed by atoms with Crippen LogP contribution in [-0.2, 0) is 10.0 Å². The van der Waals surface area contributed by atoms with Crippen LogP contribution in [0.25, 0.3) is 0 Å². The lowest BCUT2D eigenvalue weighted by Gasteiger charge is -2.17. The van der Waals surface area contributed by atoms with Gasteiger partial charge in [-0.25, -0.2) is 17.5 Å². The van der Waals surface area contributed by atoms with Gasteiger partial charge in [0.15, 0.2) is 5.76 Å². The Morgan fingerprint density at radius 1 is 1.33 bits per heavy atom. The Bertz CT molecular complexity index is 607. The Labute approximate surface area is 122 Å². The van der Waals surface area contributed by atoms with Crippen LogP contribution in [-0.4, -0.2) is 55.6 Å². The maximum Gasteiger partial charge on any atom is 0.371 e. The standard InChI is InChI=1S/C12H18N2O6S/c1-3-14(21(2,18)19)8-4-7-13-11(15)9-5-6-10(20-9)12(16)17/h5-6H,3-4,7-8H2,1-2H3,(H,13,15)(H,16,17). The topological polar surface area (TPSA) is 117 Å². The number of carboxylic acids is 1. The highest BCUT2D eigenvalue weighted by molar-refractivity contribution is 7.88. The van der Waals surface area contributed by atoms with Crippen LogP contribution in [0.15, 0.2) is 16.5 Å². The minimum Gasteiger partial charge on any atom is -0.475 e. The molecular formula is C12H18N2O6S. The van der Waals surface area contributed by atoms with Crippen molar-refractivity contribution in [3.05, 3.63) is 23.7 Å². The van der Waals surface area contributed by atoms with E-state index >= 15 is 0 Å². The van der Waals surface area contributed by atoms with E-state index in [4.69, 9.17) is 9.52 Å². The first-order chi connectivity index (χ1) is 9.75. The van der Waals surface area contributed by atoms with Gasteiger partial charge in [-0.05, 0) is 18.6 Å². The molecule has 0 spiro atoms. The molecule has 1 aromatic heterocycles. The number of carbonyl (C=O) groups is 2. The lowest BCUT2D eigenvalue weighted by molar-refractivity contribution is 0.0659. The number of rotatable bonds is 8. The fourth-order valence-corrected chi connectivity index (χ4v) is 2.61. The van der Waals surface area contributed by atoms with Gasteiger partial charge in [-0.3, -0.25) is 4.79 Å².